The van der Waals surface area contributed by atoms with Gasteiger partial charge in [-0.05, 0) is 70.1 Å². The highest BCUT2D eigenvalue weighted by Gasteiger charge is 2.47. The number of likely N-dealkylation sites (tertiary alicyclic amines) is 1. The monoisotopic (exact) mass is 405 g/mol. The van der Waals surface area contributed by atoms with Gasteiger partial charge < -0.3 is 20.3 Å². The summed E-state index contributed by atoms with van der Waals surface area (Å²) in [5.41, 5.74) is 0. The summed E-state index contributed by atoms with van der Waals surface area (Å²) >= 11 is 0. The van der Waals surface area contributed by atoms with Crippen LogP contribution in [-0.4, -0.2) is 61.1 Å². The maximum Gasteiger partial charge on any atom is 0.226 e. The van der Waals surface area contributed by atoms with Crippen molar-refractivity contribution in [3.05, 3.63) is 0 Å². The number of fused-ring (bicyclic) bond motifs is 1. The molecule has 2 N–H and O–H groups in total. The Labute approximate surface area is 175 Å². The first kappa shape index (κ1) is 21.1. The molecule has 4 aliphatic rings. The summed E-state index contributed by atoms with van der Waals surface area (Å²) < 4.78 is 5.58. The van der Waals surface area contributed by atoms with Crippen molar-refractivity contribution < 1.29 is 14.3 Å². The summed E-state index contributed by atoms with van der Waals surface area (Å²) in [6.07, 6.45) is 5.92. The lowest BCUT2D eigenvalue weighted by molar-refractivity contribution is -0.148. The van der Waals surface area contributed by atoms with E-state index in [9.17, 15) is 9.59 Å². The quantitative estimate of drug-likeness (QED) is 0.755. The molecule has 4 fully saturated rings. The lowest BCUT2D eigenvalue weighted by Crippen LogP contribution is -2.60. The SMILES string of the molecule is CC1CC2C(CN1)CC(C1CC(NC(=O)C3CCOC3C)CCC1C)C(=O)N2C. The molecule has 9 unspecified atom stereocenters. The third-order valence-electron chi connectivity index (χ3n) is 8.42. The van der Waals surface area contributed by atoms with Crippen molar-refractivity contribution in [2.24, 2.45) is 29.6 Å². The van der Waals surface area contributed by atoms with Crippen LogP contribution in [0.5, 0.6) is 0 Å². The zero-order valence-electron chi connectivity index (χ0n) is 18.5. The molecule has 0 radical (unpaired) electrons. The van der Waals surface area contributed by atoms with Gasteiger partial charge in [-0.25, -0.2) is 0 Å². The van der Waals surface area contributed by atoms with Gasteiger partial charge in [-0.1, -0.05) is 6.92 Å². The molecule has 0 aromatic rings. The van der Waals surface area contributed by atoms with E-state index in [4.69, 9.17) is 4.74 Å². The molecule has 1 aliphatic carbocycles. The van der Waals surface area contributed by atoms with Crippen molar-refractivity contribution in [2.75, 3.05) is 20.2 Å². The number of carbonyl (C=O) groups is 2. The molecule has 1 saturated carbocycles. The van der Waals surface area contributed by atoms with E-state index in [0.29, 0.717) is 42.4 Å². The van der Waals surface area contributed by atoms with Crippen LogP contribution in [0.4, 0.5) is 0 Å². The molecule has 3 heterocycles. The number of hydrogen-bond donors (Lipinski definition) is 2. The van der Waals surface area contributed by atoms with Crippen LogP contribution in [0.2, 0.25) is 0 Å². The van der Waals surface area contributed by atoms with Crippen LogP contribution in [0.25, 0.3) is 0 Å². The molecule has 0 bridgehead atoms. The number of nitrogens with zero attached hydrogens (tertiary/aromatic N) is 1. The standard InChI is InChI=1S/C23H39N3O3/c1-13-5-6-17(25-22(27)18-7-8-29-15(18)3)11-19(13)20-10-16-12-24-14(2)9-21(16)26(4)23(20)28/h13-21,24H,5-12H2,1-4H3,(H,25,27). The van der Waals surface area contributed by atoms with Crippen LogP contribution >= 0.6 is 0 Å². The maximum absolute atomic E-state index is 13.3. The minimum absolute atomic E-state index is 0.0139. The Morgan fingerprint density at radius 1 is 1.14 bits per heavy atom. The molecule has 6 nitrogen and oxygen atoms in total. The normalized spacial score (nSPS) is 45.7. The summed E-state index contributed by atoms with van der Waals surface area (Å²) in [6.45, 7) is 8.21. The van der Waals surface area contributed by atoms with Gasteiger partial charge >= 0.3 is 0 Å². The van der Waals surface area contributed by atoms with E-state index in [0.717, 1.165) is 45.1 Å². The van der Waals surface area contributed by atoms with Gasteiger partial charge in [0.1, 0.15) is 0 Å². The molecular weight excluding hydrogens is 366 g/mol. The van der Waals surface area contributed by atoms with Crippen molar-refractivity contribution in [3.8, 4) is 0 Å². The van der Waals surface area contributed by atoms with Crippen molar-refractivity contribution >= 4 is 11.8 Å². The molecule has 3 aliphatic heterocycles. The summed E-state index contributed by atoms with van der Waals surface area (Å²) in [6, 6.07) is 1.06. The van der Waals surface area contributed by atoms with Gasteiger partial charge in [0.05, 0.1) is 12.0 Å². The summed E-state index contributed by atoms with van der Waals surface area (Å²) in [4.78, 5) is 28.1. The number of rotatable bonds is 3. The Morgan fingerprint density at radius 2 is 1.93 bits per heavy atom. The third kappa shape index (κ3) is 4.20. The molecule has 9 atom stereocenters. The van der Waals surface area contributed by atoms with E-state index in [1.165, 1.54) is 0 Å². The van der Waals surface area contributed by atoms with E-state index >= 15 is 0 Å². The molecule has 3 saturated heterocycles. The van der Waals surface area contributed by atoms with Crippen LogP contribution in [-0.2, 0) is 14.3 Å². The molecular formula is C23H39N3O3. The molecule has 2 amide bonds. The fraction of sp³-hybridized carbons (Fsp3) is 0.913. The van der Waals surface area contributed by atoms with Crippen molar-refractivity contribution in [2.45, 2.75) is 83.5 Å². The average Bonchev–Trinajstić information content (AvgIpc) is 3.13. The third-order valence-corrected chi connectivity index (χ3v) is 8.42. The van der Waals surface area contributed by atoms with E-state index in [2.05, 4.69) is 29.4 Å². The van der Waals surface area contributed by atoms with E-state index in [1.54, 1.807) is 0 Å². The van der Waals surface area contributed by atoms with Gasteiger partial charge in [-0.15, -0.1) is 0 Å². The number of hydrogen-bond acceptors (Lipinski definition) is 4. The smallest absolute Gasteiger partial charge is 0.226 e. The Kier molecular flexibility index (Phi) is 6.22. The van der Waals surface area contributed by atoms with Crippen LogP contribution < -0.4 is 10.6 Å². The predicted molar refractivity (Wildman–Crippen MR) is 112 cm³/mol. The van der Waals surface area contributed by atoms with Crippen LogP contribution in [0, 0.1) is 29.6 Å². The topological polar surface area (TPSA) is 70.7 Å². The fourth-order valence-electron chi connectivity index (χ4n) is 6.48. The highest BCUT2D eigenvalue weighted by molar-refractivity contribution is 5.81. The number of nitrogens with one attached hydrogen (secondary N) is 2. The Hall–Kier alpha value is -1.14. The van der Waals surface area contributed by atoms with Gasteiger partial charge in [-0.2, -0.15) is 0 Å². The lowest BCUT2D eigenvalue weighted by Gasteiger charge is -2.50. The van der Waals surface area contributed by atoms with Gasteiger partial charge in [0, 0.05) is 44.2 Å². The van der Waals surface area contributed by atoms with E-state index in [1.807, 2.05) is 14.0 Å². The first-order chi connectivity index (χ1) is 13.8. The van der Waals surface area contributed by atoms with Crippen LogP contribution in [0.1, 0.15) is 59.3 Å². The lowest BCUT2D eigenvalue weighted by atomic mass is 9.65. The second kappa shape index (κ2) is 8.54. The molecule has 0 spiro atoms. The summed E-state index contributed by atoms with van der Waals surface area (Å²) in [7, 11) is 2.01. The number of carbonyl (C=O) groups excluding carboxylic acids is 2. The fourth-order valence-corrected chi connectivity index (χ4v) is 6.48. The van der Waals surface area contributed by atoms with Gasteiger partial charge in [0.2, 0.25) is 11.8 Å². The predicted octanol–water partition coefficient (Wildman–Crippen LogP) is 2.18. The minimum atomic E-state index is -0.0219. The molecule has 29 heavy (non-hydrogen) atoms. The summed E-state index contributed by atoms with van der Waals surface area (Å²) in [5, 5.41) is 6.93. The van der Waals surface area contributed by atoms with Crippen molar-refractivity contribution in [3.63, 3.8) is 0 Å². The number of piperidine rings is 2. The van der Waals surface area contributed by atoms with E-state index in [-0.39, 0.29) is 29.9 Å². The summed E-state index contributed by atoms with van der Waals surface area (Å²) in [5.74, 6) is 2.00. The Bertz CT molecular complexity index is 626. The largest absolute Gasteiger partial charge is 0.378 e. The second-order valence-electron chi connectivity index (χ2n) is 10.3. The van der Waals surface area contributed by atoms with Gasteiger partial charge in [0.25, 0.3) is 0 Å². The zero-order chi connectivity index (χ0) is 20.7. The Morgan fingerprint density at radius 3 is 2.66 bits per heavy atom. The molecule has 6 heteroatoms. The van der Waals surface area contributed by atoms with Gasteiger partial charge in [-0.3, -0.25) is 9.59 Å². The second-order valence-corrected chi connectivity index (χ2v) is 10.3. The number of amides is 2. The molecule has 164 valence electrons. The molecule has 0 aromatic carbocycles. The van der Waals surface area contributed by atoms with E-state index < -0.39 is 0 Å². The highest BCUT2D eigenvalue weighted by atomic mass is 16.5. The van der Waals surface area contributed by atoms with Gasteiger partial charge in [0.15, 0.2) is 0 Å². The van der Waals surface area contributed by atoms with Crippen LogP contribution in [0.15, 0.2) is 0 Å². The highest BCUT2D eigenvalue weighted by Crippen LogP contribution is 2.43. The Balaban J connectivity index is 1.41. The first-order valence-electron chi connectivity index (χ1n) is 11.8. The van der Waals surface area contributed by atoms with Crippen molar-refractivity contribution in [1.82, 2.24) is 15.5 Å². The zero-order valence-corrected chi connectivity index (χ0v) is 18.5. The average molecular weight is 406 g/mol. The van der Waals surface area contributed by atoms with Crippen LogP contribution in [0.3, 0.4) is 0 Å². The number of ether oxygens (including phenoxy) is 1. The first-order valence-corrected chi connectivity index (χ1v) is 11.8. The van der Waals surface area contributed by atoms with Crippen molar-refractivity contribution in [1.29, 1.82) is 0 Å². The molecule has 4 rings (SSSR count). The minimum Gasteiger partial charge on any atom is -0.378 e. The maximum atomic E-state index is 13.3. The molecule has 0 aromatic heterocycles.